The first-order valence-electron chi connectivity index (χ1n) is 9.29. The van der Waals surface area contributed by atoms with Gasteiger partial charge >= 0.3 is 0 Å². The van der Waals surface area contributed by atoms with E-state index in [4.69, 9.17) is 4.42 Å². The van der Waals surface area contributed by atoms with Crippen molar-refractivity contribution < 1.29 is 9.21 Å². The molecule has 0 aliphatic carbocycles. The molecule has 0 atom stereocenters. The molecule has 0 aromatic carbocycles. The van der Waals surface area contributed by atoms with Crippen LogP contribution in [-0.4, -0.2) is 36.8 Å². The molecule has 8 nitrogen and oxygen atoms in total. The Labute approximate surface area is 162 Å². The van der Waals surface area contributed by atoms with Gasteiger partial charge in [-0.15, -0.1) is 0 Å². The predicted molar refractivity (Wildman–Crippen MR) is 105 cm³/mol. The van der Waals surface area contributed by atoms with E-state index in [0.717, 1.165) is 18.4 Å². The zero-order chi connectivity index (χ0) is 19.5. The molecule has 4 rings (SSSR count). The van der Waals surface area contributed by atoms with E-state index in [2.05, 4.69) is 20.4 Å². The Morgan fingerprint density at radius 2 is 2.25 bits per heavy atom. The van der Waals surface area contributed by atoms with Crippen molar-refractivity contribution >= 4 is 16.9 Å². The number of rotatable bonds is 7. The molecule has 0 radical (unpaired) electrons. The first-order valence-corrected chi connectivity index (χ1v) is 9.29. The van der Waals surface area contributed by atoms with Crippen LogP contribution in [0.5, 0.6) is 0 Å². The topological polar surface area (TPSA) is 90.8 Å². The summed E-state index contributed by atoms with van der Waals surface area (Å²) in [6.45, 7) is 5.43. The fourth-order valence-corrected chi connectivity index (χ4v) is 3.11. The van der Waals surface area contributed by atoms with Gasteiger partial charge in [-0.2, -0.15) is 5.10 Å². The zero-order valence-corrected chi connectivity index (χ0v) is 15.9. The standard InChI is InChI=1S/C20H22N6O2/c1-14(2)26-19-16(12-23-26)15(11-17(24-19)18-5-3-10-28-18)20(27)22-6-4-8-25-9-7-21-13-25/h3,5,7,9-14H,4,6,8H2,1-2H3,(H,22,27). The van der Waals surface area contributed by atoms with Gasteiger partial charge in [0.1, 0.15) is 5.69 Å². The highest BCUT2D eigenvalue weighted by Crippen LogP contribution is 2.26. The SMILES string of the molecule is CC(C)n1ncc2c(C(=O)NCCCn3ccnc3)cc(-c3ccco3)nc21. The van der Waals surface area contributed by atoms with E-state index in [1.54, 1.807) is 37.1 Å². The van der Waals surface area contributed by atoms with Crippen molar-refractivity contribution in [2.75, 3.05) is 6.54 Å². The van der Waals surface area contributed by atoms with E-state index in [0.29, 0.717) is 29.2 Å². The second kappa shape index (κ2) is 7.67. The number of fused-ring (bicyclic) bond motifs is 1. The number of nitrogens with one attached hydrogen (secondary N) is 1. The number of hydrogen-bond acceptors (Lipinski definition) is 5. The van der Waals surface area contributed by atoms with Crippen molar-refractivity contribution in [3.63, 3.8) is 0 Å². The molecule has 0 unspecified atom stereocenters. The lowest BCUT2D eigenvalue weighted by Crippen LogP contribution is -2.25. The van der Waals surface area contributed by atoms with Crippen molar-refractivity contribution in [3.8, 4) is 11.5 Å². The van der Waals surface area contributed by atoms with Gasteiger partial charge in [-0.1, -0.05) is 0 Å². The maximum atomic E-state index is 12.9. The van der Waals surface area contributed by atoms with Crippen LogP contribution in [-0.2, 0) is 6.54 Å². The number of carbonyl (C=O) groups is 1. The molecular formula is C20H22N6O2. The van der Waals surface area contributed by atoms with E-state index < -0.39 is 0 Å². The quantitative estimate of drug-likeness (QED) is 0.498. The Kier molecular flexibility index (Phi) is 4.92. The number of nitrogens with zero attached hydrogens (tertiary/aromatic N) is 5. The molecule has 0 bridgehead atoms. The summed E-state index contributed by atoms with van der Waals surface area (Å²) in [6.07, 6.45) is 9.53. The first-order chi connectivity index (χ1) is 13.6. The monoisotopic (exact) mass is 378 g/mol. The van der Waals surface area contributed by atoms with Gasteiger partial charge in [-0.3, -0.25) is 4.79 Å². The van der Waals surface area contributed by atoms with Gasteiger partial charge in [0.05, 0.1) is 29.7 Å². The Bertz CT molecular complexity index is 1060. The van der Waals surface area contributed by atoms with Crippen molar-refractivity contribution in [1.82, 2.24) is 29.6 Å². The smallest absolute Gasteiger partial charge is 0.252 e. The highest BCUT2D eigenvalue weighted by atomic mass is 16.3. The van der Waals surface area contributed by atoms with Crippen LogP contribution in [0.2, 0.25) is 0 Å². The van der Waals surface area contributed by atoms with E-state index in [9.17, 15) is 4.79 Å². The Morgan fingerprint density at radius 1 is 1.36 bits per heavy atom. The molecular weight excluding hydrogens is 356 g/mol. The number of aryl methyl sites for hydroxylation is 1. The molecule has 28 heavy (non-hydrogen) atoms. The Hall–Kier alpha value is -3.42. The fourth-order valence-electron chi connectivity index (χ4n) is 3.11. The normalized spacial score (nSPS) is 11.4. The third-order valence-electron chi connectivity index (χ3n) is 4.51. The van der Waals surface area contributed by atoms with Gasteiger partial charge in [0.2, 0.25) is 0 Å². The molecule has 0 aliphatic heterocycles. The minimum absolute atomic E-state index is 0.128. The van der Waals surface area contributed by atoms with Crippen molar-refractivity contribution in [2.24, 2.45) is 0 Å². The summed E-state index contributed by atoms with van der Waals surface area (Å²) in [4.78, 5) is 21.6. The summed E-state index contributed by atoms with van der Waals surface area (Å²) in [5, 5.41) is 8.15. The van der Waals surface area contributed by atoms with Crippen LogP contribution in [0.1, 0.15) is 36.7 Å². The average Bonchev–Trinajstić information content (AvgIpc) is 3.45. The summed E-state index contributed by atoms with van der Waals surface area (Å²) < 4.78 is 9.29. The summed E-state index contributed by atoms with van der Waals surface area (Å²) >= 11 is 0. The molecule has 0 fully saturated rings. The number of pyridine rings is 1. The van der Waals surface area contributed by atoms with Gasteiger partial charge < -0.3 is 14.3 Å². The summed E-state index contributed by atoms with van der Waals surface area (Å²) in [6, 6.07) is 5.52. The highest BCUT2D eigenvalue weighted by molar-refractivity contribution is 6.06. The largest absolute Gasteiger partial charge is 0.463 e. The third-order valence-corrected chi connectivity index (χ3v) is 4.51. The van der Waals surface area contributed by atoms with Crippen LogP contribution < -0.4 is 5.32 Å². The zero-order valence-electron chi connectivity index (χ0n) is 15.9. The molecule has 8 heteroatoms. The first kappa shape index (κ1) is 18.0. The lowest BCUT2D eigenvalue weighted by Gasteiger charge is -2.10. The lowest BCUT2D eigenvalue weighted by atomic mass is 10.1. The Morgan fingerprint density at radius 3 is 2.96 bits per heavy atom. The van der Waals surface area contributed by atoms with E-state index in [-0.39, 0.29) is 11.9 Å². The molecule has 1 amide bonds. The number of imidazole rings is 1. The summed E-state index contributed by atoms with van der Waals surface area (Å²) in [5.41, 5.74) is 1.84. The van der Waals surface area contributed by atoms with E-state index in [1.807, 2.05) is 35.4 Å². The second-order valence-corrected chi connectivity index (χ2v) is 6.86. The molecule has 4 aromatic rings. The molecule has 0 saturated heterocycles. The van der Waals surface area contributed by atoms with Gasteiger partial charge in [-0.05, 0) is 38.5 Å². The number of amides is 1. The van der Waals surface area contributed by atoms with Gasteiger partial charge in [0.15, 0.2) is 11.4 Å². The maximum absolute atomic E-state index is 12.9. The molecule has 144 valence electrons. The number of furan rings is 1. The Balaban J connectivity index is 1.60. The molecule has 4 heterocycles. The molecule has 0 spiro atoms. The fraction of sp³-hybridized carbons (Fsp3) is 0.300. The highest BCUT2D eigenvalue weighted by Gasteiger charge is 2.19. The van der Waals surface area contributed by atoms with Crippen LogP contribution in [0, 0.1) is 0 Å². The minimum Gasteiger partial charge on any atom is -0.463 e. The van der Waals surface area contributed by atoms with Gasteiger partial charge in [0, 0.05) is 31.5 Å². The van der Waals surface area contributed by atoms with E-state index >= 15 is 0 Å². The maximum Gasteiger partial charge on any atom is 0.252 e. The van der Waals surface area contributed by atoms with Crippen LogP contribution in [0.25, 0.3) is 22.5 Å². The lowest BCUT2D eigenvalue weighted by molar-refractivity contribution is 0.0954. The number of carbonyl (C=O) groups excluding carboxylic acids is 1. The minimum atomic E-state index is -0.144. The van der Waals surface area contributed by atoms with Crippen LogP contribution in [0.3, 0.4) is 0 Å². The van der Waals surface area contributed by atoms with Gasteiger partial charge in [0.25, 0.3) is 5.91 Å². The summed E-state index contributed by atoms with van der Waals surface area (Å²) in [7, 11) is 0. The molecule has 0 saturated carbocycles. The summed E-state index contributed by atoms with van der Waals surface area (Å²) in [5.74, 6) is 0.474. The number of aromatic nitrogens is 5. The molecule has 4 aromatic heterocycles. The molecule has 0 aliphatic rings. The second-order valence-electron chi connectivity index (χ2n) is 6.86. The van der Waals surface area contributed by atoms with Crippen LogP contribution >= 0.6 is 0 Å². The average molecular weight is 378 g/mol. The van der Waals surface area contributed by atoms with Crippen LogP contribution in [0.15, 0.2) is 53.8 Å². The van der Waals surface area contributed by atoms with Gasteiger partial charge in [-0.25, -0.2) is 14.6 Å². The van der Waals surface area contributed by atoms with E-state index in [1.165, 1.54) is 0 Å². The van der Waals surface area contributed by atoms with Crippen LogP contribution in [0.4, 0.5) is 0 Å². The third kappa shape index (κ3) is 3.53. The number of hydrogen-bond donors (Lipinski definition) is 1. The van der Waals surface area contributed by atoms with Crippen molar-refractivity contribution in [2.45, 2.75) is 32.9 Å². The van der Waals surface area contributed by atoms with Crippen molar-refractivity contribution in [1.29, 1.82) is 0 Å². The van der Waals surface area contributed by atoms with Crippen molar-refractivity contribution in [3.05, 3.63) is 54.9 Å². The molecule has 1 N–H and O–H groups in total. The predicted octanol–water partition coefficient (Wildman–Crippen LogP) is 3.29.